The highest BCUT2D eigenvalue weighted by Gasteiger charge is 2.16. The first-order valence-corrected chi connectivity index (χ1v) is 9.77. The van der Waals surface area contributed by atoms with Crippen LogP contribution in [0.4, 0.5) is 5.69 Å². The summed E-state index contributed by atoms with van der Waals surface area (Å²) in [5.74, 6) is -0.731. The van der Waals surface area contributed by atoms with Gasteiger partial charge in [0.15, 0.2) is 0 Å². The average Bonchev–Trinajstić information content (AvgIpc) is 2.69. The molecule has 28 heavy (non-hydrogen) atoms. The number of anilines is 1. The second kappa shape index (κ2) is 11.4. The van der Waals surface area contributed by atoms with Crippen LogP contribution in [0, 0.1) is 6.92 Å². The van der Waals surface area contributed by atoms with E-state index in [4.69, 9.17) is 11.6 Å². The third-order valence-electron chi connectivity index (χ3n) is 4.01. The quantitative estimate of drug-likeness (QED) is 0.529. The van der Waals surface area contributed by atoms with E-state index in [1.807, 2.05) is 0 Å². The first kappa shape index (κ1) is 21.8. The minimum atomic E-state index is -0.441. The van der Waals surface area contributed by atoms with Crippen molar-refractivity contribution in [2.75, 3.05) is 25.0 Å². The van der Waals surface area contributed by atoms with E-state index in [0.29, 0.717) is 28.5 Å². The minimum Gasteiger partial charge on any atom is -0.352 e. The lowest BCUT2D eigenvalue weighted by Crippen LogP contribution is -2.28. The molecule has 2 amide bonds. The molecule has 150 valence electrons. The molecule has 1 aromatic carbocycles. The van der Waals surface area contributed by atoms with E-state index in [9.17, 15) is 9.59 Å². The monoisotopic (exact) mass is 403 g/mol. The summed E-state index contributed by atoms with van der Waals surface area (Å²) in [6, 6.07) is 4.75. The van der Waals surface area contributed by atoms with Crippen LogP contribution in [-0.2, 0) is 0 Å². The number of aromatic nitrogens is 2. The Morgan fingerprint density at radius 3 is 2.54 bits per heavy atom. The molecule has 1 heterocycles. The van der Waals surface area contributed by atoms with E-state index in [1.54, 1.807) is 19.1 Å². The van der Waals surface area contributed by atoms with Crippen LogP contribution in [0.3, 0.4) is 0 Å². The predicted molar refractivity (Wildman–Crippen MR) is 111 cm³/mol. The second-order valence-corrected chi connectivity index (χ2v) is 6.84. The van der Waals surface area contributed by atoms with E-state index < -0.39 is 5.91 Å². The molecule has 0 aliphatic rings. The number of carbonyl (C=O) groups excluding carboxylic acids is 2. The van der Waals surface area contributed by atoms with Gasteiger partial charge in [-0.15, -0.1) is 0 Å². The van der Waals surface area contributed by atoms with Gasteiger partial charge in [0.2, 0.25) is 0 Å². The van der Waals surface area contributed by atoms with Crippen LogP contribution in [-0.4, -0.2) is 41.4 Å². The highest BCUT2D eigenvalue weighted by atomic mass is 35.5. The Bertz CT molecular complexity index is 796. The number of aryl methyl sites for hydroxylation is 1. The summed E-state index contributed by atoms with van der Waals surface area (Å²) in [7, 11) is 0. The standard InChI is InChI=1S/C20H26ClN5O2/c1-3-4-8-22-9-5-10-23-19(27)16-11-15(21)6-7-17(16)26-20(28)18-13-24-14(2)12-25-18/h6-7,11-13,22H,3-5,8-10H2,1-2H3,(H,23,27)(H,26,28). The number of nitrogens with zero attached hydrogens (tertiary/aromatic N) is 2. The van der Waals surface area contributed by atoms with Crippen molar-refractivity contribution in [2.45, 2.75) is 33.1 Å². The Kier molecular flexibility index (Phi) is 8.84. The fourth-order valence-corrected chi connectivity index (χ4v) is 2.62. The Morgan fingerprint density at radius 1 is 1.04 bits per heavy atom. The number of amides is 2. The van der Waals surface area contributed by atoms with Gasteiger partial charge in [-0.25, -0.2) is 4.98 Å². The van der Waals surface area contributed by atoms with Gasteiger partial charge >= 0.3 is 0 Å². The maximum Gasteiger partial charge on any atom is 0.275 e. The van der Waals surface area contributed by atoms with Crippen molar-refractivity contribution in [1.82, 2.24) is 20.6 Å². The lowest BCUT2D eigenvalue weighted by molar-refractivity contribution is 0.0954. The number of carbonyl (C=O) groups is 2. The zero-order valence-electron chi connectivity index (χ0n) is 16.2. The highest BCUT2D eigenvalue weighted by Crippen LogP contribution is 2.21. The van der Waals surface area contributed by atoms with E-state index in [-0.39, 0.29) is 11.6 Å². The number of rotatable bonds is 10. The van der Waals surface area contributed by atoms with Crippen molar-refractivity contribution in [3.63, 3.8) is 0 Å². The summed E-state index contributed by atoms with van der Waals surface area (Å²) < 4.78 is 0. The zero-order valence-corrected chi connectivity index (χ0v) is 17.0. The summed E-state index contributed by atoms with van der Waals surface area (Å²) in [6.07, 6.45) is 6.02. The lowest BCUT2D eigenvalue weighted by atomic mass is 10.1. The summed E-state index contributed by atoms with van der Waals surface area (Å²) in [4.78, 5) is 33.0. The van der Waals surface area contributed by atoms with Gasteiger partial charge in [-0.05, 0) is 51.1 Å². The maximum absolute atomic E-state index is 12.5. The molecule has 2 aromatic rings. The molecule has 0 fully saturated rings. The van der Waals surface area contributed by atoms with Gasteiger partial charge in [-0.1, -0.05) is 24.9 Å². The number of nitrogens with one attached hydrogen (secondary N) is 3. The lowest BCUT2D eigenvalue weighted by Gasteiger charge is -2.12. The van der Waals surface area contributed by atoms with E-state index in [0.717, 1.165) is 32.4 Å². The largest absolute Gasteiger partial charge is 0.352 e. The van der Waals surface area contributed by atoms with Gasteiger partial charge in [0.1, 0.15) is 5.69 Å². The number of halogens is 1. The molecular weight excluding hydrogens is 378 g/mol. The van der Waals surface area contributed by atoms with Gasteiger partial charge in [-0.2, -0.15) is 0 Å². The topological polar surface area (TPSA) is 96.0 Å². The third kappa shape index (κ3) is 6.90. The molecule has 0 saturated carbocycles. The van der Waals surface area contributed by atoms with Crippen LogP contribution in [0.15, 0.2) is 30.6 Å². The van der Waals surface area contributed by atoms with E-state index in [1.165, 1.54) is 18.5 Å². The van der Waals surface area contributed by atoms with Gasteiger partial charge in [0, 0.05) is 17.8 Å². The number of hydrogen-bond donors (Lipinski definition) is 3. The molecule has 8 heteroatoms. The zero-order chi connectivity index (χ0) is 20.4. The fraction of sp³-hybridized carbons (Fsp3) is 0.400. The molecule has 0 atom stereocenters. The third-order valence-corrected chi connectivity index (χ3v) is 4.25. The molecule has 0 aliphatic carbocycles. The number of hydrogen-bond acceptors (Lipinski definition) is 5. The van der Waals surface area contributed by atoms with Crippen molar-refractivity contribution in [3.05, 3.63) is 52.6 Å². The molecule has 0 spiro atoms. The average molecular weight is 404 g/mol. The summed E-state index contributed by atoms with van der Waals surface area (Å²) in [5.41, 5.74) is 1.56. The SMILES string of the molecule is CCCCNCCCNC(=O)c1cc(Cl)ccc1NC(=O)c1cnc(C)cn1. The summed E-state index contributed by atoms with van der Waals surface area (Å²) in [5, 5.41) is 9.31. The fourth-order valence-electron chi connectivity index (χ4n) is 2.45. The molecule has 0 unspecified atom stereocenters. The van der Waals surface area contributed by atoms with Crippen LogP contribution in [0.25, 0.3) is 0 Å². The Balaban J connectivity index is 1.96. The van der Waals surface area contributed by atoms with Gasteiger partial charge in [0.05, 0.1) is 23.1 Å². The van der Waals surface area contributed by atoms with Crippen LogP contribution in [0.1, 0.15) is 52.7 Å². The van der Waals surface area contributed by atoms with Crippen LogP contribution < -0.4 is 16.0 Å². The summed E-state index contributed by atoms with van der Waals surface area (Å²) in [6.45, 7) is 6.29. The first-order valence-electron chi connectivity index (χ1n) is 9.39. The van der Waals surface area contributed by atoms with Crippen molar-refractivity contribution < 1.29 is 9.59 Å². The molecule has 1 aromatic heterocycles. The maximum atomic E-state index is 12.5. The second-order valence-electron chi connectivity index (χ2n) is 6.40. The van der Waals surface area contributed by atoms with Crippen molar-refractivity contribution in [2.24, 2.45) is 0 Å². The number of unbranched alkanes of at least 4 members (excludes halogenated alkanes) is 1. The molecule has 0 radical (unpaired) electrons. The minimum absolute atomic E-state index is 0.171. The summed E-state index contributed by atoms with van der Waals surface area (Å²) >= 11 is 6.04. The number of benzene rings is 1. The molecule has 0 bridgehead atoms. The Hall–Kier alpha value is -2.51. The smallest absolute Gasteiger partial charge is 0.275 e. The molecule has 0 aliphatic heterocycles. The molecular formula is C20H26ClN5O2. The Labute approximate surface area is 170 Å². The predicted octanol–water partition coefficient (Wildman–Crippen LogP) is 3.20. The Morgan fingerprint density at radius 2 is 1.82 bits per heavy atom. The van der Waals surface area contributed by atoms with E-state index in [2.05, 4.69) is 32.8 Å². The molecule has 0 saturated heterocycles. The van der Waals surface area contributed by atoms with Crippen LogP contribution in [0.5, 0.6) is 0 Å². The van der Waals surface area contributed by atoms with Gasteiger partial charge in [-0.3, -0.25) is 14.6 Å². The highest BCUT2D eigenvalue weighted by molar-refractivity contribution is 6.31. The van der Waals surface area contributed by atoms with Gasteiger partial charge < -0.3 is 16.0 Å². The van der Waals surface area contributed by atoms with Crippen molar-refractivity contribution in [1.29, 1.82) is 0 Å². The van der Waals surface area contributed by atoms with Crippen molar-refractivity contribution in [3.8, 4) is 0 Å². The van der Waals surface area contributed by atoms with Crippen LogP contribution >= 0.6 is 11.6 Å². The molecule has 7 nitrogen and oxygen atoms in total. The molecule has 2 rings (SSSR count). The molecule has 3 N–H and O–H groups in total. The van der Waals surface area contributed by atoms with E-state index >= 15 is 0 Å². The van der Waals surface area contributed by atoms with Gasteiger partial charge in [0.25, 0.3) is 11.8 Å². The first-order chi connectivity index (χ1) is 13.5. The normalized spacial score (nSPS) is 10.5. The van der Waals surface area contributed by atoms with Crippen LogP contribution in [0.2, 0.25) is 5.02 Å². The van der Waals surface area contributed by atoms with Crippen molar-refractivity contribution >= 4 is 29.1 Å².